The first-order valence-corrected chi connectivity index (χ1v) is 5.78. The SMILES string of the molecule is COC(=O)C(NC(=O)N[C@H](CC(=O)O)C(=O)O)C(C)C. The molecule has 0 aromatic rings. The third kappa shape index (κ3) is 6.03. The van der Waals surface area contributed by atoms with Gasteiger partial charge in [-0.05, 0) is 5.92 Å². The zero-order valence-electron chi connectivity index (χ0n) is 11.4. The molecule has 0 fully saturated rings. The van der Waals surface area contributed by atoms with E-state index in [2.05, 4.69) is 10.1 Å². The molecule has 2 atom stereocenters. The number of esters is 1. The molecule has 0 radical (unpaired) electrons. The van der Waals surface area contributed by atoms with Gasteiger partial charge in [0.2, 0.25) is 0 Å². The lowest BCUT2D eigenvalue weighted by Crippen LogP contribution is -2.53. The minimum absolute atomic E-state index is 0.282. The molecule has 0 spiro atoms. The monoisotopic (exact) mass is 290 g/mol. The molecule has 0 heterocycles. The molecule has 114 valence electrons. The van der Waals surface area contributed by atoms with E-state index in [0.29, 0.717) is 0 Å². The average Bonchev–Trinajstić information content (AvgIpc) is 2.33. The van der Waals surface area contributed by atoms with Crippen LogP contribution in [0, 0.1) is 5.92 Å². The molecular weight excluding hydrogens is 272 g/mol. The smallest absolute Gasteiger partial charge is 0.328 e. The summed E-state index contributed by atoms with van der Waals surface area (Å²) in [5.74, 6) is -3.82. The maximum Gasteiger partial charge on any atom is 0.328 e. The zero-order chi connectivity index (χ0) is 15.9. The first kappa shape index (κ1) is 17.7. The summed E-state index contributed by atoms with van der Waals surface area (Å²) in [6, 6.07) is -3.50. The van der Waals surface area contributed by atoms with Crippen molar-refractivity contribution in [2.24, 2.45) is 5.92 Å². The van der Waals surface area contributed by atoms with E-state index in [-0.39, 0.29) is 5.92 Å². The van der Waals surface area contributed by atoms with Crippen LogP contribution < -0.4 is 10.6 Å². The van der Waals surface area contributed by atoms with Crippen molar-refractivity contribution >= 4 is 23.9 Å². The Labute approximate surface area is 115 Å². The van der Waals surface area contributed by atoms with Gasteiger partial charge < -0.3 is 25.6 Å². The predicted molar refractivity (Wildman–Crippen MR) is 66.0 cm³/mol. The normalized spacial score (nSPS) is 13.2. The second kappa shape index (κ2) is 7.97. The number of aliphatic carboxylic acids is 2. The van der Waals surface area contributed by atoms with E-state index in [0.717, 1.165) is 7.11 Å². The highest BCUT2D eigenvalue weighted by Gasteiger charge is 2.28. The molecule has 0 saturated heterocycles. The van der Waals surface area contributed by atoms with Gasteiger partial charge in [0.1, 0.15) is 12.1 Å². The van der Waals surface area contributed by atoms with Gasteiger partial charge in [-0.15, -0.1) is 0 Å². The lowest BCUT2D eigenvalue weighted by atomic mass is 10.1. The van der Waals surface area contributed by atoms with Crippen molar-refractivity contribution in [1.29, 1.82) is 0 Å². The van der Waals surface area contributed by atoms with Crippen LogP contribution >= 0.6 is 0 Å². The van der Waals surface area contributed by atoms with Crippen molar-refractivity contribution < 1.29 is 34.1 Å². The highest BCUT2D eigenvalue weighted by molar-refractivity contribution is 5.88. The Morgan fingerprint density at radius 3 is 2.00 bits per heavy atom. The predicted octanol–water partition coefficient (Wildman–Crippen LogP) is -0.589. The molecule has 0 aromatic heterocycles. The Kier molecular flexibility index (Phi) is 7.05. The molecule has 0 rings (SSSR count). The molecule has 0 aliphatic heterocycles. The van der Waals surface area contributed by atoms with Crippen LogP contribution in [0.1, 0.15) is 20.3 Å². The number of nitrogens with one attached hydrogen (secondary N) is 2. The topological polar surface area (TPSA) is 142 Å². The lowest BCUT2D eigenvalue weighted by molar-refractivity contribution is -0.145. The third-order valence-corrected chi connectivity index (χ3v) is 2.39. The minimum atomic E-state index is -1.59. The van der Waals surface area contributed by atoms with Gasteiger partial charge in [-0.2, -0.15) is 0 Å². The maximum absolute atomic E-state index is 11.6. The Morgan fingerprint density at radius 2 is 1.65 bits per heavy atom. The summed E-state index contributed by atoms with van der Waals surface area (Å²) >= 11 is 0. The molecule has 0 bridgehead atoms. The molecule has 4 N–H and O–H groups in total. The van der Waals surface area contributed by atoms with Crippen molar-refractivity contribution in [3.8, 4) is 0 Å². The fourth-order valence-electron chi connectivity index (χ4n) is 1.34. The highest BCUT2D eigenvalue weighted by atomic mass is 16.5. The third-order valence-electron chi connectivity index (χ3n) is 2.39. The Hall–Kier alpha value is -2.32. The summed E-state index contributed by atoms with van der Waals surface area (Å²) in [7, 11) is 1.15. The van der Waals surface area contributed by atoms with Gasteiger partial charge in [0.05, 0.1) is 13.5 Å². The van der Waals surface area contributed by atoms with E-state index >= 15 is 0 Å². The van der Waals surface area contributed by atoms with Crippen molar-refractivity contribution in [2.75, 3.05) is 7.11 Å². The molecule has 20 heavy (non-hydrogen) atoms. The number of amides is 2. The first-order chi connectivity index (χ1) is 9.18. The maximum atomic E-state index is 11.6. The van der Waals surface area contributed by atoms with E-state index in [1.807, 2.05) is 5.32 Å². The highest BCUT2D eigenvalue weighted by Crippen LogP contribution is 2.03. The molecule has 0 aromatic carbocycles. The second-order valence-electron chi connectivity index (χ2n) is 4.35. The number of carboxylic acid groups (broad SMARTS) is 2. The fraction of sp³-hybridized carbons (Fsp3) is 0.636. The van der Waals surface area contributed by atoms with Crippen LogP contribution in [-0.4, -0.2) is 53.3 Å². The lowest BCUT2D eigenvalue weighted by Gasteiger charge is -2.21. The van der Waals surface area contributed by atoms with E-state index in [4.69, 9.17) is 10.2 Å². The van der Waals surface area contributed by atoms with Crippen LogP contribution in [0.5, 0.6) is 0 Å². The minimum Gasteiger partial charge on any atom is -0.481 e. The van der Waals surface area contributed by atoms with E-state index in [1.54, 1.807) is 13.8 Å². The summed E-state index contributed by atoms with van der Waals surface area (Å²) in [6.07, 6.45) is -0.771. The van der Waals surface area contributed by atoms with Gasteiger partial charge in [0.25, 0.3) is 0 Å². The van der Waals surface area contributed by atoms with Crippen LogP contribution in [0.2, 0.25) is 0 Å². The van der Waals surface area contributed by atoms with Crippen LogP contribution in [0.15, 0.2) is 0 Å². The van der Waals surface area contributed by atoms with Crippen molar-refractivity contribution in [3.05, 3.63) is 0 Å². The summed E-state index contributed by atoms with van der Waals surface area (Å²) < 4.78 is 4.50. The number of rotatable bonds is 7. The van der Waals surface area contributed by atoms with Crippen LogP contribution in [0.25, 0.3) is 0 Å². The van der Waals surface area contributed by atoms with Crippen LogP contribution in [-0.2, 0) is 19.1 Å². The van der Waals surface area contributed by atoms with Gasteiger partial charge in [-0.25, -0.2) is 14.4 Å². The summed E-state index contributed by atoms with van der Waals surface area (Å²) in [4.78, 5) is 44.3. The number of hydrogen-bond donors (Lipinski definition) is 4. The molecule has 0 aliphatic rings. The molecular formula is C11H18N2O7. The second-order valence-corrected chi connectivity index (χ2v) is 4.35. The fourth-order valence-corrected chi connectivity index (χ4v) is 1.34. The van der Waals surface area contributed by atoms with Gasteiger partial charge in [-0.1, -0.05) is 13.8 Å². The van der Waals surface area contributed by atoms with Gasteiger partial charge in [-0.3, -0.25) is 4.79 Å². The van der Waals surface area contributed by atoms with E-state index in [1.165, 1.54) is 0 Å². The molecule has 2 amide bonds. The van der Waals surface area contributed by atoms with Gasteiger partial charge >= 0.3 is 23.9 Å². The van der Waals surface area contributed by atoms with Gasteiger partial charge in [0.15, 0.2) is 0 Å². The summed E-state index contributed by atoms with van der Waals surface area (Å²) in [5.41, 5.74) is 0. The number of carbonyl (C=O) groups excluding carboxylic acids is 2. The number of methoxy groups -OCH3 is 1. The molecule has 9 nitrogen and oxygen atoms in total. The first-order valence-electron chi connectivity index (χ1n) is 5.78. The number of hydrogen-bond acceptors (Lipinski definition) is 5. The summed E-state index contributed by atoms with van der Waals surface area (Å²) in [6.45, 7) is 3.32. The van der Waals surface area contributed by atoms with Crippen LogP contribution in [0.4, 0.5) is 4.79 Å². The largest absolute Gasteiger partial charge is 0.481 e. The molecule has 0 saturated carbocycles. The van der Waals surface area contributed by atoms with Gasteiger partial charge in [0, 0.05) is 0 Å². The van der Waals surface area contributed by atoms with Crippen LogP contribution in [0.3, 0.4) is 0 Å². The zero-order valence-corrected chi connectivity index (χ0v) is 11.4. The van der Waals surface area contributed by atoms with Crippen molar-refractivity contribution in [2.45, 2.75) is 32.4 Å². The number of urea groups is 1. The summed E-state index contributed by atoms with van der Waals surface area (Å²) in [5, 5.41) is 21.5. The van der Waals surface area contributed by atoms with Crippen molar-refractivity contribution in [1.82, 2.24) is 10.6 Å². The number of carbonyl (C=O) groups is 4. The Balaban J connectivity index is 4.68. The average molecular weight is 290 g/mol. The Morgan fingerprint density at radius 1 is 1.10 bits per heavy atom. The molecule has 0 aliphatic carbocycles. The Bertz CT molecular complexity index is 394. The number of carboxylic acids is 2. The standard InChI is InChI=1S/C11H18N2O7/c1-5(2)8(10(18)20-3)13-11(19)12-6(9(16)17)4-7(14)15/h5-6,8H,4H2,1-3H3,(H,14,15)(H,16,17)(H2,12,13,19)/t6-,8?/m1/s1. The van der Waals surface area contributed by atoms with E-state index in [9.17, 15) is 19.2 Å². The number of ether oxygens (including phenoxy) is 1. The molecule has 9 heteroatoms. The molecule has 1 unspecified atom stereocenters. The van der Waals surface area contributed by atoms with Crippen molar-refractivity contribution in [3.63, 3.8) is 0 Å². The quantitative estimate of drug-likeness (QED) is 0.459. The van der Waals surface area contributed by atoms with E-state index < -0.39 is 42.4 Å².